The molecule has 4 aromatic rings. The molecule has 0 aliphatic rings. The van der Waals surface area contributed by atoms with Crippen molar-refractivity contribution in [2.45, 2.75) is 11.4 Å². The van der Waals surface area contributed by atoms with E-state index in [1.54, 1.807) is 34.0 Å². The van der Waals surface area contributed by atoms with Crippen molar-refractivity contribution in [3.05, 3.63) is 78.1 Å². The number of para-hydroxylation sites is 1. The Hall–Kier alpha value is -2.57. The first-order valence-corrected chi connectivity index (χ1v) is 11.0. The Balaban J connectivity index is 1.58. The number of carbonyl (C=O) groups excluding carboxylic acids is 1. The van der Waals surface area contributed by atoms with Gasteiger partial charge < -0.3 is 5.32 Å². The second-order valence-electron chi connectivity index (χ2n) is 5.98. The zero-order valence-corrected chi connectivity index (χ0v) is 16.3. The third-order valence-electron chi connectivity index (χ3n) is 4.25. The number of hydrogen-bond donors (Lipinski definition) is 1. The molecule has 0 saturated carbocycles. The Morgan fingerprint density at radius 2 is 1.96 bits per heavy atom. The van der Waals surface area contributed by atoms with E-state index in [9.17, 15) is 4.79 Å². The molecule has 0 spiro atoms. The van der Waals surface area contributed by atoms with Crippen molar-refractivity contribution < 1.29 is 4.79 Å². The summed E-state index contributed by atoms with van der Waals surface area (Å²) in [5.74, 6) is -0.109. The smallest absolute Gasteiger partial charge is 0.252 e. The van der Waals surface area contributed by atoms with E-state index < -0.39 is 0 Å². The van der Waals surface area contributed by atoms with Crippen molar-refractivity contribution in [1.82, 2.24) is 15.3 Å². The van der Waals surface area contributed by atoms with Crippen LogP contribution in [0.2, 0.25) is 0 Å². The molecule has 0 radical (unpaired) electrons. The van der Waals surface area contributed by atoms with Crippen LogP contribution in [0, 0.1) is 0 Å². The minimum absolute atomic E-state index is 0.109. The second-order valence-corrected chi connectivity index (χ2v) is 8.42. The average molecular weight is 392 g/mol. The lowest BCUT2D eigenvalue weighted by atomic mass is 10.1. The first kappa shape index (κ1) is 17.8. The summed E-state index contributed by atoms with van der Waals surface area (Å²) in [5.41, 5.74) is 3.42. The predicted molar refractivity (Wildman–Crippen MR) is 114 cm³/mol. The summed E-state index contributed by atoms with van der Waals surface area (Å²) in [5, 5.41) is 4.94. The fourth-order valence-electron chi connectivity index (χ4n) is 2.99. The van der Waals surface area contributed by atoms with Crippen LogP contribution in [0.5, 0.6) is 0 Å². The standard InChI is InChI=1S/C21H17N3OS2/c1-26-27-19-9-8-17(16-6-4-10-22-20(16)19)21(25)24-13-14-11-15-5-2-3-7-18(15)23-12-14/h2-12H,13H2,1H3,(H,24,25). The summed E-state index contributed by atoms with van der Waals surface area (Å²) >= 11 is 0. The molecule has 0 fully saturated rings. The highest BCUT2D eigenvalue weighted by atomic mass is 33.1. The van der Waals surface area contributed by atoms with Crippen LogP contribution in [0.4, 0.5) is 0 Å². The number of carbonyl (C=O) groups is 1. The van der Waals surface area contributed by atoms with Crippen LogP contribution >= 0.6 is 21.6 Å². The fraction of sp³-hybridized carbons (Fsp3) is 0.0952. The predicted octanol–water partition coefficient (Wildman–Crippen LogP) is 5.08. The van der Waals surface area contributed by atoms with E-state index >= 15 is 0 Å². The molecular weight excluding hydrogens is 374 g/mol. The molecule has 6 heteroatoms. The number of pyridine rings is 2. The summed E-state index contributed by atoms with van der Waals surface area (Å²) in [6.07, 6.45) is 5.59. The summed E-state index contributed by atoms with van der Waals surface area (Å²) in [4.78, 5) is 22.8. The Morgan fingerprint density at radius 1 is 1.07 bits per heavy atom. The van der Waals surface area contributed by atoms with E-state index in [-0.39, 0.29) is 5.91 Å². The van der Waals surface area contributed by atoms with Gasteiger partial charge in [0, 0.05) is 40.2 Å². The van der Waals surface area contributed by atoms with Crippen LogP contribution in [0.15, 0.2) is 71.9 Å². The van der Waals surface area contributed by atoms with Gasteiger partial charge in [0.05, 0.1) is 11.0 Å². The zero-order valence-electron chi connectivity index (χ0n) is 14.7. The van der Waals surface area contributed by atoms with E-state index in [0.29, 0.717) is 12.1 Å². The maximum absolute atomic E-state index is 12.8. The molecule has 0 bridgehead atoms. The largest absolute Gasteiger partial charge is 0.348 e. The molecule has 2 aromatic heterocycles. The van der Waals surface area contributed by atoms with Crippen molar-refractivity contribution in [1.29, 1.82) is 0 Å². The number of rotatable bonds is 5. The molecule has 1 amide bonds. The lowest BCUT2D eigenvalue weighted by Gasteiger charge is -2.10. The van der Waals surface area contributed by atoms with Crippen LogP contribution in [0.3, 0.4) is 0 Å². The lowest BCUT2D eigenvalue weighted by Crippen LogP contribution is -2.23. The van der Waals surface area contributed by atoms with E-state index in [2.05, 4.69) is 21.4 Å². The number of benzene rings is 2. The van der Waals surface area contributed by atoms with E-state index in [4.69, 9.17) is 0 Å². The molecule has 0 aliphatic heterocycles. The van der Waals surface area contributed by atoms with Crippen LogP contribution in [-0.4, -0.2) is 22.1 Å². The Morgan fingerprint density at radius 3 is 2.85 bits per heavy atom. The monoisotopic (exact) mass is 391 g/mol. The van der Waals surface area contributed by atoms with Gasteiger partial charge in [0.25, 0.3) is 5.91 Å². The van der Waals surface area contributed by atoms with Gasteiger partial charge in [-0.15, -0.1) is 0 Å². The van der Waals surface area contributed by atoms with Gasteiger partial charge in [0.15, 0.2) is 0 Å². The summed E-state index contributed by atoms with van der Waals surface area (Å²) in [6, 6.07) is 17.6. The van der Waals surface area contributed by atoms with Crippen LogP contribution in [-0.2, 0) is 6.54 Å². The number of nitrogens with zero attached hydrogens (tertiary/aromatic N) is 2. The highest BCUT2D eigenvalue weighted by Gasteiger charge is 2.13. The fourth-order valence-corrected chi connectivity index (χ4v) is 4.48. The van der Waals surface area contributed by atoms with Crippen molar-refractivity contribution in [3.63, 3.8) is 0 Å². The number of amides is 1. The van der Waals surface area contributed by atoms with E-state index in [1.165, 1.54) is 0 Å². The minimum Gasteiger partial charge on any atom is -0.348 e. The number of fused-ring (bicyclic) bond motifs is 2. The Kier molecular flexibility index (Phi) is 5.27. The maximum Gasteiger partial charge on any atom is 0.252 e. The molecule has 4 rings (SSSR count). The number of aromatic nitrogens is 2. The molecule has 134 valence electrons. The first-order valence-electron chi connectivity index (χ1n) is 8.46. The van der Waals surface area contributed by atoms with Crippen molar-refractivity contribution in [2.24, 2.45) is 0 Å². The summed E-state index contributed by atoms with van der Waals surface area (Å²) in [7, 11) is 3.31. The van der Waals surface area contributed by atoms with E-state index in [1.807, 2.05) is 54.8 Å². The summed E-state index contributed by atoms with van der Waals surface area (Å²) < 4.78 is 0. The Labute approximate surface area is 165 Å². The normalized spacial score (nSPS) is 11.0. The minimum atomic E-state index is -0.109. The van der Waals surface area contributed by atoms with Gasteiger partial charge in [0.1, 0.15) is 0 Å². The molecule has 27 heavy (non-hydrogen) atoms. The van der Waals surface area contributed by atoms with Gasteiger partial charge >= 0.3 is 0 Å². The van der Waals surface area contributed by atoms with Crippen molar-refractivity contribution in [3.8, 4) is 0 Å². The molecule has 4 nitrogen and oxygen atoms in total. The molecule has 1 N–H and O–H groups in total. The van der Waals surface area contributed by atoms with Crippen LogP contribution in [0.25, 0.3) is 21.8 Å². The van der Waals surface area contributed by atoms with Gasteiger partial charge in [-0.25, -0.2) is 0 Å². The van der Waals surface area contributed by atoms with E-state index in [0.717, 1.165) is 32.3 Å². The molecule has 0 saturated heterocycles. The molecule has 2 aromatic carbocycles. The highest BCUT2D eigenvalue weighted by molar-refractivity contribution is 8.76. The quantitative estimate of drug-likeness (QED) is 0.481. The third kappa shape index (κ3) is 3.77. The first-order chi connectivity index (χ1) is 13.3. The number of hydrogen-bond acceptors (Lipinski definition) is 5. The SMILES string of the molecule is CSSc1ccc(C(=O)NCc2cnc3ccccc3c2)c2cccnc12. The third-order valence-corrected chi connectivity index (χ3v) is 5.96. The molecule has 0 aliphatic carbocycles. The molecule has 2 heterocycles. The molecule has 0 atom stereocenters. The van der Waals surface area contributed by atoms with Gasteiger partial charge in [0.2, 0.25) is 0 Å². The van der Waals surface area contributed by atoms with Crippen LogP contribution in [0.1, 0.15) is 15.9 Å². The van der Waals surface area contributed by atoms with Crippen molar-refractivity contribution >= 4 is 49.3 Å². The maximum atomic E-state index is 12.8. The van der Waals surface area contributed by atoms with Crippen LogP contribution < -0.4 is 5.32 Å². The highest BCUT2D eigenvalue weighted by Crippen LogP contribution is 2.34. The van der Waals surface area contributed by atoms with Gasteiger partial charge in [-0.3, -0.25) is 14.8 Å². The topological polar surface area (TPSA) is 54.9 Å². The second kappa shape index (κ2) is 7.98. The van der Waals surface area contributed by atoms with Gasteiger partial charge in [-0.2, -0.15) is 0 Å². The van der Waals surface area contributed by atoms with Gasteiger partial charge in [-0.1, -0.05) is 45.9 Å². The summed E-state index contributed by atoms with van der Waals surface area (Å²) in [6.45, 7) is 0.430. The van der Waals surface area contributed by atoms with Crippen molar-refractivity contribution in [2.75, 3.05) is 6.26 Å². The molecular formula is C21H17N3OS2. The lowest BCUT2D eigenvalue weighted by molar-refractivity contribution is 0.0952. The average Bonchev–Trinajstić information content (AvgIpc) is 2.72. The zero-order chi connectivity index (χ0) is 18.6. The Bertz CT molecular complexity index is 1130. The van der Waals surface area contributed by atoms with Gasteiger partial charge in [-0.05, 0) is 42.2 Å². The molecule has 0 unspecified atom stereocenters. The number of nitrogens with one attached hydrogen (secondary N) is 1.